The molecule has 3 N–H and O–H groups in total. The van der Waals surface area contributed by atoms with Crippen molar-refractivity contribution in [1.82, 2.24) is 4.72 Å². The van der Waals surface area contributed by atoms with E-state index in [2.05, 4.69) is 4.72 Å². The molecule has 0 saturated heterocycles. The first-order chi connectivity index (χ1) is 5.47. The quantitative estimate of drug-likeness (QED) is 0.711. The van der Waals surface area contributed by atoms with Gasteiger partial charge in [-0.05, 0) is 25.7 Å². The van der Waals surface area contributed by atoms with Crippen LogP contribution >= 0.6 is 12.4 Å². The van der Waals surface area contributed by atoms with Gasteiger partial charge in [-0.25, -0.2) is 13.1 Å². The van der Waals surface area contributed by atoms with Crippen molar-refractivity contribution in [3.63, 3.8) is 0 Å². The van der Waals surface area contributed by atoms with Crippen molar-refractivity contribution in [3.05, 3.63) is 0 Å². The van der Waals surface area contributed by atoms with Crippen LogP contribution in [0.1, 0.15) is 25.7 Å². The third-order valence-corrected chi connectivity index (χ3v) is 2.91. The molecule has 0 amide bonds. The van der Waals surface area contributed by atoms with E-state index in [4.69, 9.17) is 5.73 Å². The van der Waals surface area contributed by atoms with Crippen LogP contribution in [0, 0.1) is 0 Å². The Kier molecular flexibility index (Phi) is 5.21. The van der Waals surface area contributed by atoms with Crippen molar-refractivity contribution in [1.29, 1.82) is 0 Å². The Hall–Kier alpha value is 0.160. The summed E-state index contributed by atoms with van der Waals surface area (Å²) in [5.74, 6) is 0. The van der Waals surface area contributed by atoms with Crippen LogP contribution in [-0.4, -0.2) is 26.8 Å². The van der Waals surface area contributed by atoms with E-state index in [0.29, 0.717) is 0 Å². The van der Waals surface area contributed by atoms with Crippen LogP contribution in [0.3, 0.4) is 0 Å². The molecule has 1 fully saturated rings. The van der Waals surface area contributed by atoms with E-state index in [9.17, 15) is 8.42 Å². The number of nitrogens with two attached hydrogens (primary N) is 1. The van der Waals surface area contributed by atoms with Crippen LogP contribution in [0.2, 0.25) is 0 Å². The molecule has 6 heteroatoms. The van der Waals surface area contributed by atoms with Gasteiger partial charge in [0.25, 0.3) is 0 Å². The molecule has 1 aliphatic rings. The van der Waals surface area contributed by atoms with Gasteiger partial charge in [0, 0.05) is 12.1 Å². The Morgan fingerprint density at radius 3 is 2.08 bits per heavy atom. The molecule has 0 unspecified atom stereocenters. The van der Waals surface area contributed by atoms with Gasteiger partial charge in [-0.15, -0.1) is 12.4 Å². The maximum atomic E-state index is 10.8. The molecule has 13 heavy (non-hydrogen) atoms. The predicted octanol–water partition coefficient (Wildman–Crippen LogP) is 0.227. The van der Waals surface area contributed by atoms with Crippen molar-refractivity contribution >= 4 is 22.4 Å². The maximum Gasteiger partial charge on any atom is 0.208 e. The summed E-state index contributed by atoms with van der Waals surface area (Å²) in [4.78, 5) is 0. The highest BCUT2D eigenvalue weighted by molar-refractivity contribution is 7.88. The standard InChI is InChI=1S/C7H16N2O2S.ClH/c1-12(10,11)9-7-4-2-6(8)3-5-7;/h6-7,9H,2-5,8H2,1H3;1H/t6-,7-;. The zero-order valence-corrected chi connectivity index (χ0v) is 9.33. The smallest absolute Gasteiger partial charge is 0.208 e. The number of hydrogen-bond donors (Lipinski definition) is 2. The molecule has 0 spiro atoms. The maximum absolute atomic E-state index is 10.8. The fourth-order valence-corrected chi connectivity index (χ4v) is 2.38. The van der Waals surface area contributed by atoms with Gasteiger partial charge in [0.2, 0.25) is 10.0 Å². The van der Waals surface area contributed by atoms with Gasteiger partial charge in [0.05, 0.1) is 6.26 Å². The first kappa shape index (κ1) is 13.2. The minimum atomic E-state index is -3.03. The van der Waals surface area contributed by atoms with E-state index in [1.165, 1.54) is 6.26 Å². The second-order valence-electron chi connectivity index (χ2n) is 3.50. The van der Waals surface area contributed by atoms with Crippen molar-refractivity contribution in [2.75, 3.05) is 6.26 Å². The van der Waals surface area contributed by atoms with Gasteiger partial charge in [-0.1, -0.05) is 0 Å². The Bertz CT molecular complexity index is 235. The summed E-state index contributed by atoms with van der Waals surface area (Å²) in [6.07, 6.45) is 4.78. The SMILES string of the molecule is CS(=O)(=O)N[C@H]1CC[C@H](N)CC1.Cl. The third kappa shape index (κ3) is 5.46. The lowest BCUT2D eigenvalue weighted by Gasteiger charge is -2.25. The van der Waals surface area contributed by atoms with E-state index in [-0.39, 0.29) is 24.5 Å². The van der Waals surface area contributed by atoms with Crippen LogP contribution < -0.4 is 10.5 Å². The molecule has 0 heterocycles. The van der Waals surface area contributed by atoms with Gasteiger partial charge in [0.15, 0.2) is 0 Å². The second kappa shape index (κ2) is 5.14. The average Bonchev–Trinajstić information content (AvgIpc) is 1.91. The topological polar surface area (TPSA) is 72.2 Å². The molecule has 80 valence electrons. The van der Waals surface area contributed by atoms with E-state index >= 15 is 0 Å². The predicted molar refractivity (Wildman–Crippen MR) is 55.5 cm³/mol. The van der Waals surface area contributed by atoms with Crippen LogP contribution in [0.4, 0.5) is 0 Å². The van der Waals surface area contributed by atoms with Crippen LogP contribution in [-0.2, 0) is 10.0 Å². The molecule has 1 rings (SSSR count). The summed E-state index contributed by atoms with van der Waals surface area (Å²) in [6, 6.07) is 0.377. The fourth-order valence-electron chi connectivity index (χ4n) is 1.54. The van der Waals surface area contributed by atoms with Crippen LogP contribution in [0.25, 0.3) is 0 Å². The van der Waals surface area contributed by atoms with Crippen molar-refractivity contribution in [2.24, 2.45) is 5.73 Å². The van der Waals surface area contributed by atoms with E-state index in [1.807, 2.05) is 0 Å². The second-order valence-corrected chi connectivity index (χ2v) is 5.28. The molecule has 0 radical (unpaired) electrons. The van der Waals surface area contributed by atoms with Gasteiger partial charge in [0.1, 0.15) is 0 Å². The van der Waals surface area contributed by atoms with E-state index < -0.39 is 10.0 Å². The summed E-state index contributed by atoms with van der Waals surface area (Å²) in [5.41, 5.74) is 5.68. The average molecular weight is 229 g/mol. The molecule has 0 atom stereocenters. The number of sulfonamides is 1. The molecule has 0 aliphatic heterocycles. The lowest BCUT2D eigenvalue weighted by Crippen LogP contribution is -2.39. The number of rotatable bonds is 2. The van der Waals surface area contributed by atoms with Crippen molar-refractivity contribution in [3.8, 4) is 0 Å². The minimum absolute atomic E-state index is 0. The molecular weight excluding hydrogens is 212 g/mol. The molecule has 0 aromatic carbocycles. The Morgan fingerprint density at radius 1 is 1.23 bits per heavy atom. The van der Waals surface area contributed by atoms with Gasteiger partial charge in [-0.3, -0.25) is 0 Å². The molecular formula is C7H17ClN2O2S. The van der Waals surface area contributed by atoms with Gasteiger partial charge in [-0.2, -0.15) is 0 Å². The first-order valence-electron chi connectivity index (χ1n) is 4.20. The fraction of sp³-hybridized carbons (Fsp3) is 1.00. The van der Waals surface area contributed by atoms with Crippen LogP contribution in [0.5, 0.6) is 0 Å². The van der Waals surface area contributed by atoms with Gasteiger partial charge >= 0.3 is 0 Å². The lowest BCUT2D eigenvalue weighted by atomic mass is 9.93. The highest BCUT2D eigenvalue weighted by Crippen LogP contribution is 2.17. The Morgan fingerprint density at radius 2 is 1.69 bits per heavy atom. The molecule has 0 aromatic rings. The van der Waals surface area contributed by atoms with E-state index in [0.717, 1.165) is 25.7 Å². The number of hydrogen-bond acceptors (Lipinski definition) is 3. The van der Waals surface area contributed by atoms with Crippen LogP contribution in [0.15, 0.2) is 0 Å². The largest absolute Gasteiger partial charge is 0.328 e. The number of halogens is 1. The molecule has 1 aliphatic carbocycles. The Balaban J connectivity index is 0.00000144. The summed E-state index contributed by atoms with van der Waals surface area (Å²) in [7, 11) is -3.03. The zero-order valence-electron chi connectivity index (χ0n) is 7.69. The number of nitrogens with one attached hydrogen (secondary N) is 1. The third-order valence-electron chi connectivity index (χ3n) is 2.15. The van der Waals surface area contributed by atoms with E-state index in [1.54, 1.807) is 0 Å². The zero-order chi connectivity index (χ0) is 9.19. The summed E-state index contributed by atoms with van der Waals surface area (Å²) in [6.45, 7) is 0. The van der Waals surface area contributed by atoms with Crippen molar-refractivity contribution < 1.29 is 8.42 Å². The summed E-state index contributed by atoms with van der Waals surface area (Å²) >= 11 is 0. The van der Waals surface area contributed by atoms with Gasteiger partial charge < -0.3 is 5.73 Å². The minimum Gasteiger partial charge on any atom is -0.328 e. The lowest BCUT2D eigenvalue weighted by molar-refractivity contribution is 0.374. The molecule has 0 aromatic heterocycles. The highest BCUT2D eigenvalue weighted by atomic mass is 35.5. The molecule has 1 saturated carbocycles. The summed E-state index contributed by atoms with van der Waals surface area (Å²) < 4.78 is 24.3. The van der Waals surface area contributed by atoms with Crippen molar-refractivity contribution in [2.45, 2.75) is 37.8 Å². The summed E-state index contributed by atoms with van der Waals surface area (Å²) in [5, 5.41) is 0. The normalized spacial score (nSPS) is 29.4. The Labute approximate surface area is 85.7 Å². The molecule has 4 nitrogen and oxygen atoms in total. The monoisotopic (exact) mass is 228 g/mol. The highest BCUT2D eigenvalue weighted by Gasteiger charge is 2.20. The molecule has 0 bridgehead atoms. The first-order valence-corrected chi connectivity index (χ1v) is 6.09.